The first-order valence-electron chi connectivity index (χ1n) is 9.04. The topological polar surface area (TPSA) is 0 Å². The zero-order valence-corrected chi connectivity index (χ0v) is 18.4. The van der Waals surface area contributed by atoms with Crippen LogP contribution in [0.4, 0.5) is 0 Å². The fourth-order valence-corrected chi connectivity index (χ4v) is 28.9. The van der Waals surface area contributed by atoms with Gasteiger partial charge in [-0.15, -0.1) is 0 Å². The summed E-state index contributed by atoms with van der Waals surface area (Å²) in [7, 11) is -1.56. The van der Waals surface area contributed by atoms with Crippen LogP contribution in [0.1, 0.15) is 29.5 Å². The molecule has 0 radical (unpaired) electrons. The fourth-order valence-electron chi connectivity index (χ4n) is 5.67. The Bertz CT molecular complexity index is 859. The van der Waals surface area contributed by atoms with Gasteiger partial charge in [-0.25, -0.2) is 0 Å². The van der Waals surface area contributed by atoms with Crippen molar-refractivity contribution in [1.29, 1.82) is 0 Å². The average molecular weight is 408 g/mol. The van der Waals surface area contributed by atoms with E-state index in [0.717, 1.165) is 7.25 Å². The molecule has 2 atom stereocenters. The molecule has 2 aliphatic carbocycles. The molecule has 0 aromatic heterocycles. The van der Waals surface area contributed by atoms with Gasteiger partial charge in [0.2, 0.25) is 0 Å². The normalized spacial score (nSPS) is 27.5. The van der Waals surface area contributed by atoms with Crippen molar-refractivity contribution in [1.82, 2.24) is 0 Å². The first kappa shape index (κ1) is 15.3. The first-order valence-corrected chi connectivity index (χ1v) is 19.8. The predicted octanol–water partition coefficient (Wildman–Crippen LogP) is 6.31. The third-order valence-electron chi connectivity index (χ3n) is 6.79. The summed E-state index contributed by atoms with van der Waals surface area (Å²) in [6.45, 7) is 5.20. The average Bonchev–Trinajstić information content (AvgIpc) is 3.14. The maximum atomic E-state index is 2.71. The molecule has 0 amide bonds. The van der Waals surface area contributed by atoms with Crippen LogP contribution < -0.4 is 0 Å². The summed E-state index contributed by atoms with van der Waals surface area (Å²) in [5, 5.41) is 3.67. The molecule has 2 aromatic carbocycles. The van der Waals surface area contributed by atoms with Crippen LogP contribution >= 0.6 is 0 Å². The number of benzene rings is 2. The van der Waals surface area contributed by atoms with E-state index in [4.69, 9.17) is 0 Å². The molecule has 0 spiro atoms. The number of hydrogen-bond donors (Lipinski definition) is 0. The summed E-state index contributed by atoms with van der Waals surface area (Å²) in [5.41, 5.74) is 6.32. The van der Waals surface area contributed by atoms with Gasteiger partial charge in [0.1, 0.15) is 0 Å². The molecule has 1 fully saturated rings. The molecule has 0 bridgehead atoms. The van der Waals surface area contributed by atoms with Crippen molar-refractivity contribution in [3.05, 3.63) is 81.2 Å². The van der Waals surface area contributed by atoms with E-state index in [-0.39, 0.29) is 0 Å². The summed E-state index contributed by atoms with van der Waals surface area (Å²) in [6.07, 6.45) is 5.18. The van der Waals surface area contributed by atoms with E-state index in [1.165, 1.54) is 11.1 Å². The number of rotatable bonds is 0. The minimum atomic E-state index is -2.45. The van der Waals surface area contributed by atoms with Crippen LogP contribution in [0.3, 0.4) is 0 Å². The zero-order chi connectivity index (χ0) is 16.7. The summed E-state index contributed by atoms with van der Waals surface area (Å²) in [4.78, 5) is 0. The first-order chi connectivity index (χ1) is 11.4. The molecule has 2 aromatic rings. The Labute approximate surface area is 150 Å². The van der Waals surface area contributed by atoms with Crippen molar-refractivity contribution in [2.24, 2.45) is 0 Å². The van der Waals surface area contributed by atoms with Crippen molar-refractivity contribution in [2.75, 3.05) is 0 Å². The molecule has 0 nitrogen and oxygen atoms in total. The molecule has 120 valence electrons. The Balaban J connectivity index is 1.80. The second-order valence-corrected chi connectivity index (χ2v) is 25.0. The quantitative estimate of drug-likeness (QED) is 0.449. The van der Waals surface area contributed by atoms with Crippen LogP contribution in [0.5, 0.6) is 0 Å². The van der Waals surface area contributed by atoms with Crippen LogP contribution in [0.2, 0.25) is 22.4 Å². The van der Waals surface area contributed by atoms with E-state index >= 15 is 0 Å². The standard InChI is InChI=1S/C20H18Si.2CH3.Zr/c1-21(2,19-11-15-7-3-4-8-16(15)12-19)20-13-17-9-5-6-10-18(17)14-20;;;/h3-14H,1-2H3;2*1H3;. The van der Waals surface area contributed by atoms with Crippen LogP contribution in [-0.2, 0) is 20.3 Å². The minimum absolute atomic E-state index is 0.783. The van der Waals surface area contributed by atoms with Gasteiger partial charge in [-0.1, -0.05) is 0 Å². The van der Waals surface area contributed by atoms with Crippen molar-refractivity contribution >= 4 is 20.2 Å². The molecule has 2 heteroatoms. The van der Waals surface area contributed by atoms with E-state index in [9.17, 15) is 0 Å². The molecular weight excluding hydrogens is 384 g/mol. The Kier molecular flexibility index (Phi) is 3.06. The molecule has 2 unspecified atom stereocenters. The van der Waals surface area contributed by atoms with Crippen molar-refractivity contribution in [3.63, 3.8) is 0 Å². The number of hydrogen-bond acceptors (Lipinski definition) is 0. The second-order valence-electron chi connectivity index (χ2n) is 8.77. The zero-order valence-electron chi connectivity index (χ0n) is 14.9. The Morgan fingerprint density at radius 1 is 0.708 bits per heavy atom. The predicted molar refractivity (Wildman–Crippen MR) is 104 cm³/mol. The SMILES string of the molecule is C[Si]1(C)C2=Cc3ccccc3[CH]2[Zr]([CH3])([CH3])[CH]2C1=Cc1ccccc12. The van der Waals surface area contributed by atoms with Crippen LogP contribution in [0, 0.1) is 0 Å². The van der Waals surface area contributed by atoms with Gasteiger partial charge in [0.25, 0.3) is 0 Å². The monoisotopic (exact) mass is 406 g/mol. The van der Waals surface area contributed by atoms with Gasteiger partial charge < -0.3 is 0 Å². The molecule has 5 rings (SSSR count). The van der Waals surface area contributed by atoms with Crippen LogP contribution in [0.25, 0.3) is 12.2 Å². The second kappa shape index (κ2) is 4.80. The van der Waals surface area contributed by atoms with Gasteiger partial charge in [0.15, 0.2) is 0 Å². The molecule has 1 saturated heterocycles. The van der Waals surface area contributed by atoms with E-state index in [2.05, 4.69) is 83.0 Å². The molecule has 1 heterocycles. The van der Waals surface area contributed by atoms with Crippen molar-refractivity contribution in [3.8, 4) is 0 Å². The number of fused-ring (bicyclic) bond motifs is 6. The van der Waals surface area contributed by atoms with Gasteiger partial charge in [-0.3, -0.25) is 0 Å². The maximum absolute atomic E-state index is 2.71. The van der Waals surface area contributed by atoms with Crippen molar-refractivity contribution < 1.29 is 20.3 Å². The van der Waals surface area contributed by atoms with E-state index < -0.39 is 28.3 Å². The van der Waals surface area contributed by atoms with Gasteiger partial charge in [0, 0.05) is 0 Å². The van der Waals surface area contributed by atoms with E-state index in [0.29, 0.717) is 0 Å². The summed E-state index contributed by atoms with van der Waals surface area (Å²) >= 11 is -2.45. The molecule has 3 aliphatic rings. The van der Waals surface area contributed by atoms with E-state index in [1.54, 1.807) is 11.1 Å². The summed E-state index contributed by atoms with van der Waals surface area (Å²) < 4.78 is 6.98. The summed E-state index contributed by atoms with van der Waals surface area (Å²) in [6, 6.07) is 18.4. The van der Waals surface area contributed by atoms with Crippen molar-refractivity contribution in [2.45, 2.75) is 29.6 Å². The Morgan fingerprint density at radius 2 is 1.12 bits per heavy atom. The van der Waals surface area contributed by atoms with Gasteiger partial charge >= 0.3 is 151 Å². The third-order valence-corrected chi connectivity index (χ3v) is 22.3. The molecule has 1 aliphatic heterocycles. The van der Waals surface area contributed by atoms with E-state index in [1.807, 2.05) is 10.4 Å². The Hall–Kier alpha value is -0.980. The van der Waals surface area contributed by atoms with Crippen LogP contribution in [0.15, 0.2) is 58.9 Å². The molecule has 0 N–H and O–H groups in total. The molecular formula is C22H24SiZr. The summed E-state index contributed by atoms with van der Waals surface area (Å²) in [5.74, 6) is 0. The molecule has 24 heavy (non-hydrogen) atoms. The van der Waals surface area contributed by atoms with Gasteiger partial charge in [0.05, 0.1) is 0 Å². The fraction of sp³-hybridized carbons (Fsp3) is 0.273. The Morgan fingerprint density at radius 3 is 1.58 bits per heavy atom. The van der Waals surface area contributed by atoms with Gasteiger partial charge in [-0.05, 0) is 0 Å². The number of allylic oxidation sites excluding steroid dienone is 2. The molecule has 0 saturated carbocycles. The third kappa shape index (κ3) is 1.77. The van der Waals surface area contributed by atoms with Crippen LogP contribution in [-0.4, -0.2) is 8.07 Å². The van der Waals surface area contributed by atoms with Gasteiger partial charge in [-0.2, -0.15) is 0 Å².